The summed E-state index contributed by atoms with van der Waals surface area (Å²) in [6, 6.07) is 9.40. The van der Waals surface area contributed by atoms with Crippen molar-refractivity contribution in [2.45, 2.75) is 57.0 Å². The van der Waals surface area contributed by atoms with Crippen LogP contribution in [0.3, 0.4) is 0 Å². The molecule has 0 bridgehead atoms. The molecule has 3 aromatic rings. The summed E-state index contributed by atoms with van der Waals surface area (Å²) < 4.78 is 21.4. The number of ether oxygens (including phenoxy) is 1. The number of carbonyl (C=O) groups excluding carboxylic acids is 2. The van der Waals surface area contributed by atoms with Crippen LogP contribution in [0.5, 0.6) is 5.75 Å². The SMILES string of the molecule is COc1cc(C(=O)O)ccc1NC(=O)[C@]1(C)N[C@@H](CC(C)(C)C)[C@@]2(C(=O)Nc3cc(Cl)ncc32)[C@H]1c1cccc(Cl)c1F. The van der Waals surface area contributed by atoms with Crippen LogP contribution in [0.25, 0.3) is 0 Å². The Morgan fingerprint density at radius 2 is 1.91 bits per heavy atom. The zero-order valence-corrected chi connectivity index (χ0v) is 25.7. The Morgan fingerprint density at radius 1 is 1.19 bits per heavy atom. The monoisotopic (exact) mass is 628 g/mol. The predicted octanol–water partition coefficient (Wildman–Crippen LogP) is 6.01. The van der Waals surface area contributed by atoms with Gasteiger partial charge in [-0.25, -0.2) is 14.2 Å². The van der Waals surface area contributed by atoms with E-state index in [2.05, 4.69) is 20.9 Å². The normalized spacial score (nSPS) is 24.5. The smallest absolute Gasteiger partial charge is 0.335 e. The van der Waals surface area contributed by atoms with E-state index in [1.54, 1.807) is 13.0 Å². The molecule has 3 heterocycles. The number of rotatable bonds is 6. The van der Waals surface area contributed by atoms with Crippen LogP contribution in [0.4, 0.5) is 15.8 Å². The Bertz CT molecular complexity index is 1660. The number of halogens is 3. The van der Waals surface area contributed by atoms with E-state index in [1.165, 1.54) is 49.7 Å². The van der Waals surface area contributed by atoms with Crippen molar-refractivity contribution < 1.29 is 28.6 Å². The lowest BCUT2D eigenvalue weighted by molar-refractivity contribution is -0.123. The number of nitrogens with one attached hydrogen (secondary N) is 3. The molecule has 2 aliphatic rings. The third-order valence-electron chi connectivity index (χ3n) is 8.27. The second-order valence-electron chi connectivity index (χ2n) is 12.3. The van der Waals surface area contributed by atoms with Gasteiger partial charge >= 0.3 is 5.97 Å². The maximum atomic E-state index is 16.1. The van der Waals surface area contributed by atoms with E-state index in [-0.39, 0.29) is 38.2 Å². The van der Waals surface area contributed by atoms with Gasteiger partial charge in [0.05, 0.1) is 23.4 Å². The minimum atomic E-state index is -1.61. The number of anilines is 2. The molecule has 1 fully saturated rings. The van der Waals surface area contributed by atoms with Gasteiger partial charge in [0, 0.05) is 29.4 Å². The third kappa shape index (κ3) is 5.01. The van der Waals surface area contributed by atoms with E-state index in [1.807, 2.05) is 20.8 Å². The van der Waals surface area contributed by atoms with E-state index in [4.69, 9.17) is 27.9 Å². The number of hydrogen-bond acceptors (Lipinski definition) is 6. The van der Waals surface area contributed by atoms with Crippen LogP contribution in [-0.2, 0) is 15.0 Å². The summed E-state index contributed by atoms with van der Waals surface area (Å²) in [5.74, 6) is -3.96. The molecular formula is C31H31Cl2FN4O5. The predicted molar refractivity (Wildman–Crippen MR) is 162 cm³/mol. The number of carboxylic acids is 1. The van der Waals surface area contributed by atoms with Gasteiger partial charge in [0.1, 0.15) is 27.7 Å². The van der Waals surface area contributed by atoms with Crippen molar-refractivity contribution in [1.29, 1.82) is 0 Å². The zero-order valence-electron chi connectivity index (χ0n) is 24.1. The van der Waals surface area contributed by atoms with E-state index in [0.717, 1.165) is 0 Å². The number of pyridine rings is 1. The Balaban J connectivity index is 1.75. The van der Waals surface area contributed by atoms with Crippen LogP contribution < -0.4 is 20.7 Å². The molecule has 5 rings (SSSR count). The molecular weight excluding hydrogens is 598 g/mol. The fraction of sp³-hybridized carbons (Fsp3) is 0.355. The number of carbonyl (C=O) groups is 3. The number of aromatic carboxylic acids is 1. The van der Waals surface area contributed by atoms with Gasteiger partial charge in [-0.3, -0.25) is 14.9 Å². The molecule has 0 aliphatic carbocycles. The summed E-state index contributed by atoms with van der Waals surface area (Å²) in [5.41, 5.74) is -2.31. The Labute approximate surface area is 258 Å². The number of methoxy groups -OCH3 is 1. The van der Waals surface area contributed by atoms with E-state index in [9.17, 15) is 19.5 Å². The summed E-state index contributed by atoms with van der Waals surface area (Å²) >= 11 is 12.5. The quantitative estimate of drug-likeness (QED) is 0.246. The van der Waals surface area contributed by atoms with Crippen molar-refractivity contribution in [3.63, 3.8) is 0 Å². The highest BCUT2D eigenvalue weighted by Gasteiger charge is 2.70. The largest absolute Gasteiger partial charge is 0.495 e. The number of fused-ring (bicyclic) bond motifs is 2. The molecule has 2 aromatic carbocycles. The molecule has 0 unspecified atom stereocenters. The first-order valence-electron chi connectivity index (χ1n) is 13.6. The van der Waals surface area contributed by atoms with Gasteiger partial charge in [-0.15, -0.1) is 0 Å². The van der Waals surface area contributed by atoms with Crippen molar-refractivity contribution in [2.75, 3.05) is 17.7 Å². The molecule has 2 amide bonds. The van der Waals surface area contributed by atoms with Crippen molar-refractivity contribution >= 4 is 52.4 Å². The number of nitrogens with zero attached hydrogens (tertiary/aromatic N) is 1. The van der Waals surface area contributed by atoms with E-state index < -0.39 is 46.5 Å². The maximum absolute atomic E-state index is 16.1. The second-order valence-corrected chi connectivity index (χ2v) is 13.1. The molecule has 2 aliphatic heterocycles. The third-order valence-corrected chi connectivity index (χ3v) is 8.77. The number of hydrogen-bond donors (Lipinski definition) is 4. The molecule has 0 radical (unpaired) electrons. The molecule has 43 heavy (non-hydrogen) atoms. The molecule has 1 saturated heterocycles. The van der Waals surface area contributed by atoms with Crippen molar-refractivity contribution in [1.82, 2.24) is 10.3 Å². The first kappa shape index (κ1) is 30.7. The lowest BCUT2D eigenvalue weighted by atomic mass is 9.60. The molecule has 4 N–H and O–H groups in total. The lowest BCUT2D eigenvalue weighted by Crippen LogP contribution is -2.53. The van der Waals surface area contributed by atoms with Crippen LogP contribution in [0.15, 0.2) is 48.7 Å². The number of aromatic nitrogens is 1. The first-order valence-corrected chi connectivity index (χ1v) is 14.3. The summed E-state index contributed by atoms with van der Waals surface area (Å²) in [7, 11) is 1.35. The van der Waals surface area contributed by atoms with Crippen molar-refractivity contribution in [3.05, 3.63) is 81.3 Å². The molecule has 12 heteroatoms. The lowest BCUT2D eigenvalue weighted by Gasteiger charge is -2.39. The van der Waals surface area contributed by atoms with Crippen LogP contribution in [0.2, 0.25) is 10.2 Å². The molecule has 1 spiro atoms. The number of carboxylic acid groups (broad SMARTS) is 1. The Morgan fingerprint density at radius 3 is 2.56 bits per heavy atom. The van der Waals surface area contributed by atoms with Crippen LogP contribution in [0.1, 0.15) is 61.5 Å². The molecule has 4 atom stereocenters. The molecule has 0 saturated carbocycles. The number of amides is 2. The summed E-state index contributed by atoms with van der Waals surface area (Å²) in [5, 5.41) is 18.6. The molecule has 226 valence electrons. The van der Waals surface area contributed by atoms with Gasteiger partial charge in [0.15, 0.2) is 0 Å². The van der Waals surface area contributed by atoms with Crippen molar-refractivity contribution in [3.8, 4) is 5.75 Å². The minimum absolute atomic E-state index is 0.0338. The van der Waals surface area contributed by atoms with Gasteiger partial charge in [0.25, 0.3) is 0 Å². The Kier molecular flexibility index (Phi) is 7.69. The minimum Gasteiger partial charge on any atom is -0.495 e. The first-order chi connectivity index (χ1) is 20.1. The van der Waals surface area contributed by atoms with Gasteiger partial charge in [-0.2, -0.15) is 0 Å². The average molecular weight is 630 g/mol. The average Bonchev–Trinajstić information content (AvgIpc) is 3.35. The summed E-state index contributed by atoms with van der Waals surface area (Å²) in [4.78, 5) is 44.6. The van der Waals surface area contributed by atoms with E-state index in [0.29, 0.717) is 17.7 Å². The van der Waals surface area contributed by atoms with Gasteiger partial charge in [-0.05, 0) is 54.7 Å². The van der Waals surface area contributed by atoms with Gasteiger partial charge < -0.3 is 20.5 Å². The Hall–Kier alpha value is -3.73. The number of benzene rings is 2. The standard InChI is InChI=1S/C31H31Cl2FN4O5/c1-29(2,3)13-22-31(17-14-35-23(33)12-20(17)37-28(31)42)25(16-7-6-8-18(32)24(16)34)30(4,38-22)27(41)36-19-10-9-15(26(39)40)11-21(19)43-5/h6-12,14,22,25,38H,13H2,1-5H3,(H,36,41)(H,37,42)(H,39,40)/t22-,25-,30+,31+/m0/s1. The second kappa shape index (κ2) is 10.8. The fourth-order valence-corrected chi connectivity index (χ4v) is 6.90. The highest BCUT2D eigenvalue weighted by molar-refractivity contribution is 6.31. The summed E-state index contributed by atoms with van der Waals surface area (Å²) in [6.07, 6.45) is 1.92. The van der Waals surface area contributed by atoms with Gasteiger partial charge in [0.2, 0.25) is 11.8 Å². The molecule has 9 nitrogen and oxygen atoms in total. The highest BCUT2D eigenvalue weighted by Crippen LogP contribution is 2.60. The summed E-state index contributed by atoms with van der Waals surface area (Å²) in [6.45, 7) is 7.64. The fourth-order valence-electron chi connectivity index (χ4n) is 6.56. The van der Waals surface area contributed by atoms with Gasteiger partial charge in [-0.1, -0.05) is 56.1 Å². The van der Waals surface area contributed by atoms with Crippen LogP contribution >= 0.6 is 23.2 Å². The maximum Gasteiger partial charge on any atom is 0.335 e. The van der Waals surface area contributed by atoms with Crippen LogP contribution in [-0.4, -0.2) is 46.6 Å². The zero-order chi connectivity index (χ0) is 31.5. The highest BCUT2D eigenvalue weighted by atomic mass is 35.5. The van der Waals surface area contributed by atoms with Crippen LogP contribution in [0, 0.1) is 11.2 Å². The topological polar surface area (TPSA) is 130 Å². The van der Waals surface area contributed by atoms with Crippen molar-refractivity contribution in [2.24, 2.45) is 5.41 Å². The molecule has 1 aromatic heterocycles. The van der Waals surface area contributed by atoms with E-state index >= 15 is 4.39 Å².